The molecule has 0 amide bonds. The number of rotatable bonds is 2. The summed E-state index contributed by atoms with van der Waals surface area (Å²) >= 11 is 0. The first-order chi connectivity index (χ1) is 8.22. The Morgan fingerprint density at radius 2 is 1.94 bits per heavy atom. The van der Waals surface area contributed by atoms with Gasteiger partial charge in [-0.3, -0.25) is 4.79 Å². The van der Waals surface area contributed by atoms with Gasteiger partial charge >= 0.3 is 0 Å². The highest BCUT2D eigenvalue weighted by Crippen LogP contribution is 2.38. The normalized spacial score (nSPS) is 14.9. The highest BCUT2D eigenvalue weighted by molar-refractivity contribution is 5.54. The van der Waals surface area contributed by atoms with Crippen molar-refractivity contribution < 1.29 is 4.39 Å². The van der Waals surface area contributed by atoms with Crippen molar-refractivity contribution in [1.29, 1.82) is 0 Å². The lowest BCUT2D eigenvalue weighted by Crippen LogP contribution is -2.09. The van der Waals surface area contributed by atoms with Crippen molar-refractivity contribution in [3.63, 3.8) is 0 Å². The van der Waals surface area contributed by atoms with Gasteiger partial charge in [-0.15, -0.1) is 0 Å². The second-order valence-electron chi connectivity index (χ2n) is 4.30. The largest absolute Gasteiger partial charge is 0.307 e. The monoisotopic (exact) mass is 230 g/mol. The summed E-state index contributed by atoms with van der Waals surface area (Å²) < 4.78 is 12.8. The van der Waals surface area contributed by atoms with Gasteiger partial charge in [0.15, 0.2) is 0 Å². The molecule has 17 heavy (non-hydrogen) atoms. The van der Waals surface area contributed by atoms with Gasteiger partial charge in [0.05, 0.1) is 5.69 Å². The summed E-state index contributed by atoms with van der Waals surface area (Å²) in [6, 6.07) is 7.50. The van der Waals surface area contributed by atoms with E-state index in [4.69, 9.17) is 0 Å². The molecule has 0 radical (unpaired) electrons. The summed E-state index contributed by atoms with van der Waals surface area (Å²) in [7, 11) is 0. The summed E-state index contributed by atoms with van der Waals surface area (Å²) in [5, 5.41) is 0. The molecule has 1 saturated carbocycles. The summed E-state index contributed by atoms with van der Waals surface area (Å²) in [6.07, 6.45) is 2.19. The molecule has 0 spiro atoms. The lowest BCUT2D eigenvalue weighted by atomic mass is 10.2. The predicted octanol–water partition coefficient (Wildman–Crippen LogP) is 2.45. The molecule has 2 aromatic rings. The molecule has 4 heteroatoms. The van der Waals surface area contributed by atoms with Crippen molar-refractivity contribution in [2.24, 2.45) is 0 Å². The second-order valence-corrected chi connectivity index (χ2v) is 4.30. The molecule has 1 fully saturated rings. The minimum absolute atomic E-state index is 0.152. The van der Waals surface area contributed by atoms with Gasteiger partial charge in [0, 0.05) is 17.5 Å². The number of nitrogens with zero attached hydrogens (tertiary/aromatic N) is 1. The first-order valence-corrected chi connectivity index (χ1v) is 5.59. The van der Waals surface area contributed by atoms with E-state index in [1.807, 2.05) is 0 Å². The molecule has 0 saturated heterocycles. The number of H-pyrrole nitrogens is 1. The first kappa shape index (κ1) is 10.2. The van der Waals surface area contributed by atoms with Crippen LogP contribution in [0.2, 0.25) is 0 Å². The number of hydrogen-bond acceptors (Lipinski definition) is 2. The minimum atomic E-state index is -0.297. The average molecular weight is 230 g/mol. The van der Waals surface area contributed by atoms with E-state index in [0.29, 0.717) is 11.7 Å². The van der Waals surface area contributed by atoms with Gasteiger partial charge in [-0.1, -0.05) is 0 Å². The fourth-order valence-corrected chi connectivity index (χ4v) is 1.81. The summed E-state index contributed by atoms with van der Waals surface area (Å²) in [6.45, 7) is 0. The van der Waals surface area contributed by atoms with Crippen LogP contribution in [0.15, 0.2) is 35.1 Å². The molecule has 86 valence electrons. The third kappa shape index (κ3) is 2.11. The van der Waals surface area contributed by atoms with Crippen molar-refractivity contribution >= 4 is 0 Å². The number of benzene rings is 1. The zero-order valence-electron chi connectivity index (χ0n) is 9.11. The molecule has 0 bridgehead atoms. The van der Waals surface area contributed by atoms with Crippen LogP contribution < -0.4 is 5.56 Å². The van der Waals surface area contributed by atoms with E-state index in [1.54, 1.807) is 18.2 Å². The molecular weight excluding hydrogens is 219 g/mol. The van der Waals surface area contributed by atoms with Crippen LogP contribution in [-0.4, -0.2) is 9.97 Å². The van der Waals surface area contributed by atoms with Crippen molar-refractivity contribution in [3.8, 4) is 11.4 Å². The number of nitrogens with one attached hydrogen (secondary N) is 1. The average Bonchev–Trinajstić information content (AvgIpc) is 3.13. The Hall–Kier alpha value is -1.97. The van der Waals surface area contributed by atoms with Crippen LogP contribution in [0.3, 0.4) is 0 Å². The van der Waals surface area contributed by atoms with Gasteiger partial charge in [-0.25, -0.2) is 9.37 Å². The minimum Gasteiger partial charge on any atom is -0.307 e. The van der Waals surface area contributed by atoms with Crippen molar-refractivity contribution in [1.82, 2.24) is 9.97 Å². The van der Waals surface area contributed by atoms with Gasteiger partial charge in [-0.05, 0) is 37.1 Å². The standard InChI is InChI=1S/C13H11FN2O/c14-10-5-3-9(4-6-10)13-15-11(8-1-2-8)7-12(17)16-13/h3-8H,1-2H2,(H,15,16,17). The van der Waals surface area contributed by atoms with E-state index < -0.39 is 0 Å². The van der Waals surface area contributed by atoms with Crippen LogP contribution in [0, 0.1) is 5.82 Å². The zero-order chi connectivity index (χ0) is 11.8. The topological polar surface area (TPSA) is 45.8 Å². The third-order valence-corrected chi connectivity index (χ3v) is 2.87. The molecule has 1 aliphatic carbocycles. The van der Waals surface area contributed by atoms with Crippen LogP contribution in [-0.2, 0) is 0 Å². The molecule has 0 unspecified atom stereocenters. The second kappa shape index (κ2) is 3.80. The molecule has 3 rings (SSSR count). The molecule has 0 aliphatic heterocycles. The molecule has 0 atom stereocenters. The Morgan fingerprint density at radius 1 is 1.24 bits per heavy atom. The lowest BCUT2D eigenvalue weighted by molar-refractivity contribution is 0.628. The molecule has 3 nitrogen and oxygen atoms in total. The zero-order valence-corrected chi connectivity index (χ0v) is 9.11. The fraction of sp³-hybridized carbons (Fsp3) is 0.231. The van der Waals surface area contributed by atoms with Gasteiger partial charge < -0.3 is 4.98 Å². The van der Waals surface area contributed by atoms with Crippen LogP contribution in [0.4, 0.5) is 4.39 Å². The molecule has 1 heterocycles. The molecule has 1 aliphatic rings. The Labute approximate surface area is 97.3 Å². The van der Waals surface area contributed by atoms with Crippen LogP contribution in [0.1, 0.15) is 24.5 Å². The maximum Gasteiger partial charge on any atom is 0.251 e. The molecule has 1 aromatic heterocycles. The van der Waals surface area contributed by atoms with Crippen LogP contribution in [0.25, 0.3) is 11.4 Å². The van der Waals surface area contributed by atoms with Crippen LogP contribution >= 0.6 is 0 Å². The van der Waals surface area contributed by atoms with Gasteiger partial charge in [-0.2, -0.15) is 0 Å². The lowest BCUT2D eigenvalue weighted by Gasteiger charge is -2.03. The number of hydrogen-bond donors (Lipinski definition) is 1. The fourth-order valence-electron chi connectivity index (χ4n) is 1.81. The molecule has 1 N–H and O–H groups in total. The number of aromatic nitrogens is 2. The number of aromatic amines is 1. The Balaban J connectivity index is 2.07. The highest BCUT2D eigenvalue weighted by Gasteiger charge is 2.25. The first-order valence-electron chi connectivity index (χ1n) is 5.59. The van der Waals surface area contributed by atoms with Gasteiger partial charge in [0.2, 0.25) is 0 Å². The van der Waals surface area contributed by atoms with Gasteiger partial charge in [0.25, 0.3) is 5.56 Å². The quantitative estimate of drug-likeness (QED) is 0.861. The Bertz CT molecular complexity index is 600. The molecule has 1 aromatic carbocycles. The number of halogens is 1. The molecular formula is C13H11FN2O. The van der Waals surface area contributed by atoms with Crippen LogP contribution in [0.5, 0.6) is 0 Å². The Kier molecular flexibility index (Phi) is 2.28. The van der Waals surface area contributed by atoms with Crippen molar-refractivity contribution in [2.75, 3.05) is 0 Å². The van der Waals surface area contributed by atoms with E-state index in [1.165, 1.54) is 12.1 Å². The van der Waals surface area contributed by atoms with E-state index >= 15 is 0 Å². The van der Waals surface area contributed by atoms with E-state index in [-0.39, 0.29) is 11.4 Å². The van der Waals surface area contributed by atoms with E-state index in [9.17, 15) is 9.18 Å². The summed E-state index contributed by atoms with van der Waals surface area (Å²) in [5.41, 5.74) is 1.42. The highest BCUT2D eigenvalue weighted by atomic mass is 19.1. The maximum atomic E-state index is 12.8. The summed E-state index contributed by atoms with van der Waals surface area (Å²) in [5.74, 6) is 0.644. The van der Waals surface area contributed by atoms with Gasteiger partial charge in [0.1, 0.15) is 11.6 Å². The maximum absolute atomic E-state index is 12.8. The van der Waals surface area contributed by atoms with E-state index in [2.05, 4.69) is 9.97 Å². The van der Waals surface area contributed by atoms with Crippen molar-refractivity contribution in [2.45, 2.75) is 18.8 Å². The summed E-state index contributed by atoms with van der Waals surface area (Å²) in [4.78, 5) is 18.6. The Morgan fingerprint density at radius 3 is 2.59 bits per heavy atom. The SMILES string of the molecule is O=c1cc(C2CC2)nc(-c2ccc(F)cc2)[nH]1. The predicted molar refractivity (Wildman–Crippen MR) is 62.2 cm³/mol. The van der Waals surface area contributed by atoms with E-state index in [0.717, 1.165) is 24.1 Å². The van der Waals surface area contributed by atoms with Crippen molar-refractivity contribution in [3.05, 3.63) is 52.2 Å². The smallest absolute Gasteiger partial charge is 0.251 e. The third-order valence-electron chi connectivity index (χ3n) is 2.87.